The van der Waals surface area contributed by atoms with Crippen molar-refractivity contribution in [3.8, 4) is 0 Å². The molecule has 0 aliphatic carbocycles. The Hall–Kier alpha value is -3.88. The molecule has 1 aromatic heterocycles. The van der Waals surface area contributed by atoms with E-state index in [1.54, 1.807) is 57.3 Å². The lowest BCUT2D eigenvalue weighted by Gasteiger charge is -2.24. The normalized spacial score (nSPS) is 13.9. The van der Waals surface area contributed by atoms with Crippen LogP contribution in [0.25, 0.3) is 10.9 Å². The first-order valence-corrected chi connectivity index (χ1v) is 9.43. The van der Waals surface area contributed by atoms with Gasteiger partial charge in [0.05, 0.1) is 31.7 Å². The number of hydrogen-bond donors (Lipinski definition) is 0. The van der Waals surface area contributed by atoms with Gasteiger partial charge in [-0.05, 0) is 39.0 Å². The number of ether oxygens (including phenoxy) is 3. The Morgan fingerprint density at radius 1 is 1.00 bits per heavy atom. The second-order valence-electron chi connectivity index (χ2n) is 7.57. The van der Waals surface area contributed by atoms with E-state index in [2.05, 4.69) is 5.10 Å². The van der Waals surface area contributed by atoms with Crippen molar-refractivity contribution >= 4 is 34.6 Å². The summed E-state index contributed by atoms with van der Waals surface area (Å²) in [4.78, 5) is 39.3. The van der Waals surface area contributed by atoms with Crippen LogP contribution in [0.1, 0.15) is 20.8 Å². The summed E-state index contributed by atoms with van der Waals surface area (Å²) in [5.41, 5.74) is 0.0197. The zero-order chi connectivity index (χ0) is 22.8. The number of hydrogen-bond acceptors (Lipinski definition) is 8. The standard InChI is InChI=1S/C22H23N3O6/c1-22(2,3)31-21(28)25-17-14(13-23-25)9-8-11-16(17)24-12-7-6-10-15(19(26)29-4)18(24)20(27)30-5/h6-13H,1-5H3. The van der Waals surface area contributed by atoms with Crippen LogP contribution in [-0.2, 0) is 23.8 Å². The minimum Gasteiger partial charge on any atom is -0.465 e. The van der Waals surface area contributed by atoms with Gasteiger partial charge in [0.15, 0.2) is 0 Å². The molecule has 31 heavy (non-hydrogen) atoms. The van der Waals surface area contributed by atoms with Gasteiger partial charge in [0, 0.05) is 11.6 Å². The highest BCUT2D eigenvalue weighted by Gasteiger charge is 2.30. The lowest BCUT2D eigenvalue weighted by atomic mass is 10.1. The largest absolute Gasteiger partial charge is 0.465 e. The Morgan fingerprint density at radius 2 is 1.71 bits per heavy atom. The Morgan fingerprint density at radius 3 is 2.35 bits per heavy atom. The molecule has 2 aromatic rings. The minimum atomic E-state index is -0.753. The number of carbonyl (C=O) groups excluding carboxylic acids is 3. The summed E-state index contributed by atoms with van der Waals surface area (Å²) in [6, 6.07) is 5.21. The van der Waals surface area contributed by atoms with Gasteiger partial charge in [0.25, 0.3) is 0 Å². The highest BCUT2D eigenvalue weighted by atomic mass is 16.6. The summed E-state index contributed by atoms with van der Waals surface area (Å²) < 4.78 is 16.4. The predicted molar refractivity (Wildman–Crippen MR) is 113 cm³/mol. The third-order valence-electron chi connectivity index (χ3n) is 4.29. The van der Waals surface area contributed by atoms with Crippen LogP contribution in [0.5, 0.6) is 0 Å². The highest BCUT2D eigenvalue weighted by molar-refractivity contribution is 6.08. The van der Waals surface area contributed by atoms with Crippen LogP contribution in [0.2, 0.25) is 0 Å². The monoisotopic (exact) mass is 425 g/mol. The molecular formula is C22H23N3O6. The van der Waals surface area contributed by atoms with E-state index in [9.17, 15) is 14.4 Å². The molecule has 162 valence electrons. The Labute approximate surface area is 179 Å². The van der Waals surface area contributed by atoms with E-state index in [0.29, 0.717) is 16.6 Å². The van der Waals surface area contributed by atoms with Crippen molar-refractivity contribution in [2.45, 2.75) is 26.4 Å². The van der Waals surface area contributed by atoms with Crippen molar-refractivity contribution in [3.63, 3.8) is 0 Å². The molecule has 0 saturated heterocycles. The second-order valence-corrected chi connectivity index (χ2v) is 7.57. The van der Waals surface area contributed by atoms with Crippen molar-refractivity contribution < 1.29 is 28.6 Å². The van der Waals surface area contributed by atoms with Crippen LogP contribution >= 0.6 is 0 Å². The first-order chi connectivity index (χ1) is 14.7. The third kappa shape index (κ3) is 4.35. The molecule has 0 fully saturated rings. The van der Waals surface area contributed by atoms with Crippen LogP contribution < -0.4 is 4.90 Å². The lowest BCUT2D eigenvalue weighted by Crippen LogP contribution is -2.29. The van der Waals surface area contributed by atoms with Crippen LogP contribution in [0.3, 0.4) is 0 Å². The fourth-order valence-corrected chi connectivity index (χ4v) is 3.05. The lowest BCUT2D eigenvalue weighted by molar-refractivity contribution is -0.139. The number of para-hydroxylation sites is 1. The van der Waals surface area contributed by atoms with Gasteiger partial charge in [-0.3, -0.25) is 0 Å². The maximum atomic E-state index is 12.8. The molecule has 1 aromatic carbocycles. The third-order valence-corrected chi connectivity index (χ3v) is 4.29. The number of carbonyl (C=O) groups is 3. The molecule has 1 aliphatic rings. The zero-order valence-electron chi connectivity index (χ0n) is 17.9. The molecule has 9 heteroatoms. The summed E-state index contributed by atoms with van der Waals surface area (Å²) in [5, 5.41) is 4.81. The van der Waals surface area contributed by atoms with Crippen LogP contribution in [0.15, 0.2) is 60.1 Å². The number of nitrogens with zero attached hydrogens (tertiary/aromatic N) is 3. The second kappa shape index (κ2) is 8.47. The summed E-state index contributed by atoms with van der Waals surface area (Å²) in [7, 11) is 2.44. The summed E-state index contributed by atoms with van der Waals surface area (Å²) in [6.07, 6.45) is 7.13. The number of anilines is 1. The number of allylic oxidation sites excluding steroid dienone is 2. The van der Waals surface area contributed by atoms with E-state index < -0.39 is 23.6 Å². The Bertz CT molecular complexity index is 1130. The maximum Gasteiger partial charge on any atom is 0.435 e. The molecule has 3 rings (SSSR count). The molecule has 0 amide bonds. The van der Waals surface area contributed by atoms with E-state index in [-0.39, 0.29) is 11.3 Å². The molecule has 9 nitrogen and oxygen atoms in total. The Balaban J connectivity index is 2.26. The molecule has 0 spiro atoms. The molecule has 0 saturated carbocycles. The van der Waals surface area contributed by atoms with Crippen molar-refractivity contribution in [2.75, 3.05) is 19.1 Å². The topological polar surface area (TPSA) is 100.0 Å². The fraction of sp³-hybridized carbons (Fsp3) is 0.273. The fourth-order valence-electron chi connectivity index (χ4n) is 3.05. The van der Waals surface area contributed by atoms with Crippen LogP contribution in [0.4, 0.5) is 10.5 Å². The molecular weight excluding hydrogens is 402 g/mol. The van der Waals surface area contributed by atoms with Crippen LogP contribution in [0, 0.1) is 0 Å². The van der Waals surface area contributed by atoms with Gasteiger partial charge in [0.1, 0.15) is 16.8 Å². The minimum absolute atomic E-state index is 0.000290. The van der Waals surface area contributed by atoms with E-state index in [1.807, 2.05) is 0 Å². The van der Waals surface area contributed by atoms with E-state index in [4.69, 9.17) is 14.2 Å². The molecule has 0 unspecified atom stereocenters. The summed E-state index contributed by atoms with van der Waals surface area (Å²) >= 11 is 0. The highest BCUT2D eigenvalue weighted by Crippen LogP contribution is 2.33. The molecule has 1 aliphatic heterocycles. The van der Waals surface area contributed by atoms with Gasteiger partial charge >= 0.3 is 18.0 Å². The van der Waals surface area contributed by atoms with E-state index >= 15 is 0 Å². The smallest absolute Gasteiger partial charge is 0.435 e. The number of esters is 2. The number of rotatable bonds is 3. The predicted octanol–water partition coefficient (Wildman–Crippen LogP) is 3.31. The summed E-state index contributed by atoms with van der Waals surface area (Å²) in [5.74, 6) is -1.46. The quantitative estimate of drug-likeness (QED) is 0.545. The van der Waals surface area contributed by atoms with Crippen molar-refractivity contribution in [2.24, 2.45) is 0 Å². The molecule has 0 radical (unpaired) electrons. The number of fused-ring (bicyclic) bond motifs is 1. The van der Waals surface area contributed by atoms with Crippen molar-refractivity contribution in [1.82, 2.24) is 9.78 Å². The number of aromatic nitrogens is 2. The van der Waals surface area contributed by atoms with Gasteiger partial charge < -0.3 is 19.1 Å². The van der Waals surface area contributed by atoms with Gasteiger partial charge in [-0.2, -0.15) is 9.78 Å². The van der Waals surface area contributed by atoms with Gasteiger partial charge in [0.2, 0.25) is 0 Å². The van der Waals surface area contributed by atoms with Gasteiger partial charge in [-0.1, -0.05) is 18.2 Å². The average Bonchev–Trinajstić information content (AvgIpc) is 3.04. The SMILES string of the molecule is COC(=O)C1=C(C(=O)OC)N(c2cccc3cnn(C(=O)OC(C)(C)C)c23)C=CC=C1. The van der Waals surface area contributed by atoms with Crippen molar-refractivity contribution in [1.29, 1.82) is 0 Å². The Kier molecular flexibility index (Phi) is 5.96. The first-order valence-electron chi connectivity index (χ1n) is 9.43. The van der Waals surface area contributed by atoms with E-state index in [1.165, 1.54) is 31.4 Å². The number of benzene rings is 1. The molecule has 0 bridgehead atoms. The molecule has 0 atom stereocenters. The maximum absolute atomic E-state index is 12.8. The first kappa shape index (κ1) is 21.8. The van der Waals surface area contributed by atoms with Crippen molar-refractivity contribution in [3.05, 3.63) is 60.1 Å². The van der Waals surface area contributed by atoms with Crippen LogP contribution in [-0.4, -0.2) is 47.6 Å². The number of methoxy groups -OCH3 is 2. The van der Waals surface area contributed by atoms with Gasteiger partial charge in [-0.15, -0.1) is 0 Å². The molecule has 0 N–H and O–H groups in total. The van der Waals surface area contributed by atoms with E-state index in [0.717, 1.165) is 4.68 Å². The summed E-state index contributed by atoms with van der Waals surface area (Å²) in [6.45, 7) is 5.25. The van der Waals surface area contributed by atoms with Gasteiger partial charge in [-0.25, -0.2) is 14.4 Å². The zero-order valence-corrected chi connectivity index (χ0v) is 17.9. The average molecular weight is 425 g/mol. The molecule has 2 heterocycles.